The number of ether oxygens (including phenoxy) is 1. The van der Waals surface area contributed by atoms with Gasteiger partial charge in [-0.3, -0.25) is 0 Å². The average molecular weight is 277 g/mol. The average Bonchev–Trinajstić information content (AvgIpc) is 2.50. The number of likely N-dealkylation sites (N-methyl/N-ethyl adjacent to an activating group) is 1. The Morgan fingerprint density at radius 3 is 3.05 bits per heavy atom. The molecule has 1 aromatic heterocycles. The summed E-state index contributed by atoms with van der Waals surface area (Å²) in [5.41, 5.74) is 0.557. The molecule has 0 bridgehead atoms. The normalized spacial score (nSPS) is 18.6. The topological polar surface area (TPSA) is 54.5 Å². The summed E-state index contributed by atoms with van der Waals surface area (Å²) in [7, 11) is 0. The molecule has 20 heavy (non-hydrogen) atoms. The zero-order valence-corrected chi connectivity index (χ0v) is 12.3. The second-order valence-corrected chi connectivity index (χ2v) is 4.88. The van der Waals surface area contributed by atoms with Gasteiger partial charge in [0.1, 0.15) is 11.4 Å². The SMILES string of the molecule is CCOC(=O)c1cccnc1N(CC)C1CCCNC1. The minimum atomic E-state index is -0.294. The fourth-order valence-corrected chi connectivity index (χ4v) is 2.67. The van der Waals surface area contributed by atoms with Gasteiger partial charge in [0.05, 0.1) is 6.61 Å². The lowest BCUT2D eigenvalue weighted by molar-refractivity contribution is 0.0526. The van der Waals surface area contributed by atoms with E-state index in [1.54, 1.807) is 18.3 Å². The van der Waals surface area contributed by atoms with Crippen LogP contribution >= 0.6 is 0 Å². The molecule has 5 nitrogen and oxygen atoms in total. The van der Waals surface area contributed by atoms with Crippen LogP contribution in [0.4, 0.5) is 5.82 Å². The van der Waals surface area contributed by atoms with Gasteiger partial charge in [-0.1, -0.05) is 0 Å². The Balaban J connectivity index is 2.26. The van der Waals surface area contributed by atoms with Crippen LogP contribution in [0.3, 0.4) is 0 Å². The molecule has 1 atom stereocenters. The number of piperidine rings is 1. The molecular weight excluding hydrogens is 254 g/mol. The highest BCUT2D eigenvalue weighted by atomic mass is 16.5. The van der Waals surface area contributed by atoms with Crippen molar-refractivity contribution in [3.8, 4) is 0 Å². The van der Waals surface area contributed by atoms with E-state index < -0.39 is 0 Å². The number of hydrogen-bond donors (Lipinski definition) is 1. The third-order valence-electron chi connectivity index (χ3n) is 3.61. The third kappa shape index (κ3) is 3.28. The predicted molar refractivity (Wildman–Crippen MR) is 79.1 cm³/mol. The number of pyridine rings is 1. The summed E-state index contributed by atoms with van der Waals surface area (Å²) in [6.07, 6.45) is 4.01. The summed E-state index contributed by atoms with van der Waals surface area (Å²) in [5, 5.41) is 3.41. The number of rotatable bonds is 5. The van der Waals surface area contributed by atoms with Gasteiger partial charge in [0.25, 0.3) is 0 Å². The van der Waals surface area contributed by atoms with E-state index in [1.807, 2.05) is 6.92 Å². The fraction of sp³-hybridized carbons (Fsp3) is 0.600. The molecular formula is C15H23N3O2. The highest BCUT2D eigenvalue weighted by molar-refractivity contribution is 5.94. The van der Waals surface area contributed by atoms with Gasteiger partial charge in [0.15, 0.2) is 0 Å². The molecule has 5 heteroatoms. The molecule has 0 radical (unpaired) electrons. The van der Waals surface area contributed by atoms with Crippen molar-refractivity contribution >= 4 is 11.8 Å². The predicted octanol–water partition coefficient (Wildman–Crippen LogP) is 1.84. The van der Waals surface area contributed by atoms with Gasteiger partial charge >= 0.3 is 5.97 Å². The molecule has 1 saturated heterocycles. The molecule has 1 fully saturated rings. The minimum absolute atomic E-state index is 0.294. The smallest absolute Gasteiger partial charge is 0.341 e. The second kappa shape index (κ2) is 7.24. The molecule has 110 valence electrons. The number of aromatic nitrogens is 1. The first-order chi connectivity index (χ1) is 9.77. The van der Waals surface area contributed by atoms with Crippen LogP contribution in [0, 0.1) is 0 Å². The number of esters is 1. The quantitative estimate of drug-likeness (QED) is 0.832. The molecule has 2 rings (SSSR count). The summed E-state index contributed by atoms with van der Waals surface area (Å²) in [5.74, 6) is 0.444. The van der Waals surface area contributed by atoms with E-state index in [1.165, 1.54) is 0 Å². The van der Waals surface area contributed by atoms with E-state index in [0.29, 0.717) is 18.2 Å². The first-order valence-electron chi connectivity index (χ1n) is 7.37. The van der Waals surface area contributed by atoms with E-state index in [9.17, 15) is 4.79 Å². The van der Waals surface area contributed by atoms with Crippen molar-refractivity contribution in [1.82, 2.24) is 10.3 Å². The fourth-order valence-electron chi connectivity index (χ4n) is 2.67. The number of nitrogens with one attached hydrogen (secondary N) is 1. The summed E-state index contributed by atoms with van der Waals surface area (Å²) >= 11 is 0. The lowest BCUT2D eigenvalue weighted by Crippen LogP contribution is -2.47. The van der Waals surface area contributed by atoms with Gasteiger partial charge in [-0.25, -0.2) is 9.78 Å². The maximum Gasteiger partial charge on any atom is 0.341 e. The van der Waals surface area contributed by atoms with Gasteiger partial charge in [-0.05, 0) is 45.4 Å². The summed E-state index contributed by atoms with van der Waals surface area (Å²) in [6, 6.07) is 3.96. The van der Waals surface area contributed by atoms with E-state index in [4.69, 9.17) is 4.74 Å². The zero-order chi connectivity index (χ0) is 14.4. The molecule has 2 heterocycles. The van der Waals surface area contributed by atoms with Gasteiger partial charge in [0, 0.05) is 25.3 Å². The maximum absolute atomic E-state index is 12.1. The van der Waals surface area contributed by atoms with Gasteiger partial charge < -0.3 is 15.0 Å². The number of hydrogen-bond acceptors (Lipinski definition) is 5. The molecule has 1 unspecified atom stereocenters. The van der Waals surface area contributed by atoms with Gasteiger partial charge in [0.2, 0.25) is 0 Å². The Labute approximate surface area is 120 Å². The van der Waals surface area contributed by atoms with Crippen LogP contribution in [0.5, 0.6) is 0 Å². The van der Waals surface area contributed by atoms with Crippen molar-refractivity contribution in [1.29, 1.82) is 0 Å². The van der Waals surface area contributed by atoms with Crippen LogP contribution in [0.1, 0.15) is 37.0 Å². The molecule has 1 aromatic rings. The molecule has 0 spiro atoms. The first kappa shape index (κ1) is 14.8. The van der Waals surface area contributed by atoms with E-state index in [0.717, 1.165) is 38.3 Å². The van der Waals surface area contributed by atoms with Crippen LogP contribution in [0.25, 0.3) is 0 Å². The van der Waals surface area contributed by atoms with Crippen LogP contribution < -0.4 is 10.2 Å². The molecule has 0 saturated carbocycles. The third-order valence-corrected chi connectivity index (χ3v) is 3.61. The van der Waals surface area contributed by atoms with Crippen molar-refractivity contribution in [3.63, 3.8) is 0 Å². The summed E-state index contributed by atoms with van der Waals surface area (Å²) in [6.45, 7) is 7.13. The molecule has 1 aliphatic rings. The molecule has 1 N–H and O–H groups in total. The molecule has 0 aromatic carbocycles. The lowest BCUT2D eigenvalue weighted by atomic mass is 10.1. The van der Waals surface area contributed by atoms with Crippen LogP contribution in [0.2, 0.25) is 0 Å². The highest BCUT2D eigenvalue weighted by Gasteiger charge is 2.25. The first-order valence-corrected chi connectivity index (χ1v) is 7.37. The Morgan fingerprint density at radius 2 is 2.40 bits per heavy atom. The minimum Gasteiger partial charge on any atom is -0.462 e. The van der Waals surface area contributed by atoms with Crippen molar-refractivity contribution < 1.29 is 9.53 Å². The van der Waals surface area contributed by atoms with E-state index in [-0.39, 0.29) is 5.97 Å². The van der Waals surface area contributed by atoms with Crippen molar-refractivity contribution in [3.05, 3.63) is 23.9 Å². The lowest BCUT2D eigenvalue weighted by Gasteiger charge is -2.35. The number of carbonyl (C=O) groups is 1. The van der Waals surface area contributed by atoms with Crippen LogP contribution in [-0.2, 0) is 4.74 Å². The van der Waals surface area contributed by atoms with Crippen LogP contribution in [-0.4, -0.2) is 43.2 Å². The largest absolute Gasteiger partial charge is 0.462 e. The zero-order valence-electron chi connectivity index (χ0n) is 12.3. The standard InChI is InChI=1S/C15H23N3O2/c1-3-18(12-7-5-9-16-11-12)14-13(8-6-10-17-14)15(19)20-4-2/h6,8,10,12,16H,3-5,7,9,11H2,1-2H3. The van der Waals surface area contributed by atoms with Crippen molar-refractivity contribution in [2.24, 2.45) is 0 Å². The monoisotopic (exact) mass is 277 g/mol. The Bertz CT molecular complexity index is 444. The number of nitrogens with zero attached hydrogens (tertiary/aromatic N) is 2. The second-order valence-electron chi connectivity index (χ2n) is 4.88. The summed E-state index contributed by atoms with van der Waals surface area (Å²) < 4.78 is 5.13. The molecule has 1 aliphatic heterocycles. The maximum atomic E-state index is 12.1. The van der Waals surface area contributed by atoms with Gasteiger partial charge in [-0.15, -0.1) is 0 Å². The Kier molecular flexibility index (Phi) is 5.35. The van der Waals surface area contributed by atoms with E-state index in [2.05, 4.69) is 22.1 Å². The number of anilines is 1. The summed E-state index contributed by atoms with van der Waals surface area (Å²) in [4.78, 5) is 18.7. The van der Waals surface area contributed by atoms with Crippen molar-refractivity contribution in [2.45, 2.75) is 32.7 Å². The highest BCUT2D eigenvalue weighted by Crippen LogP contribution is 2.23. The molecule has 0 aliphatic carbocycles. The van der Waals surface area contributed by atoms with E-state index >= 15 is 0 Å². The van der Waals surface area contributed by atoms with Crippen molar-refractivity contribution in [2.75, 3.05) is 31.1 Å². The molecule has 0 amide bonds. The van der Waals surface area contributed by atoms with Crippen LogP contribution in [0.15, 0.2) is 18.3 Å². The Morgan fingerprint density at radius 1 is 1.55 bits per heavy atom. The number of carbonyl (C=O) groups excluding carboxylic acids is 1. The Hall–Kier alpha value is -1.62. The van der Waals surface area contributed by atoms with Gasteiger partial charge in [-0.2, -0.15) is 0 Å².